The van der Waals surface area contributed by atoms with Gasteiger partial charge in [0.2, 0.25) is 11.1 Å². The Morgan fingerprint density at radius 1 is 1.06 bits per heavy atom. The monoisotopic (exact) mass is 492 g/mol. The van der Waals surface area contributed by atoms with Crippen molar-refractivity contribution in [1.82, 2.24) is 30.0 Å². The molecular formula is C22H23F3N6O2S. The molecule has 1 amide bonds. The second-order valence-corrected chi connectivity index (χ2v) is 9.07. The average molecular weight is 493 g/mol. The zero-order valence-electron chi connectivity index (χ0n) is 18.4. The summed E-state index contributed by atoms with van der Waals surface area (Å²) in [5, 5.41) is 11.5. The van der Waals surface area contributed by atoms with Crippen LogP contribution < -0.4 is 4.74 Å². The molecule has 0 spiro atoms. The van der Waals surface area contributed by atoms with E-state index in [1.165, 1.54) is 46.3 Å². The molecule has 0 unspecified atom stereocenters. The Bertz CT molecular complexity index is 1090. The Morgan fingerprint density at radius 3 is 2.38 bits per heavy atom. The third-order valence-electron chi connectivity index (χ3n) is 5.32. The van der Waals surface area contributed by atoms with Crippen LogP contribution in [0.15, 0.2) is 59.8 Å². The molecule has 1 atom stereocenters. The first-order valence-electron chi connectivity index (χ1n) is 10.6. The van der Waals surface area contributed by atoms with Crippen molar-refractivity contribution in [3.05, 3.63) is 60.2 Å². The van der Waals surface area contributed by atoms with Crippen molar-refractivity contribution in [1.29, 1.82) is 0 Å². The quantitative estimate of drug-likeness (QED) is 0.468. The fraction of sp³-hybridized carbons (Fsp3) is 0.364. The minimum Gasteiger partial charge on any atom is -0.406 e. The number of halogens is 3. The van der Waals surface area contributed by atoms with Crippen LogP contribution in [0.3, 0.4) is 0 Å². The van der Waals surface area contributed by atoms with Crippen molar-refractivity contribution in [3.8, 4) is 11.4 Å². The van der Waals surface area contributed by atoms with Crippen LogP contribution in [0.1, 0.15) is 12.5 Å². The summed E-state index contributed by atoms with van der Waals surface area (Å²) >= 11 is 1.20. The summed E-state index contributed by atoms with van der Waals surface area (Å²) in [5.74, 6) is -0.346. The molecule has 34 heavy (non-hydrogen) atoms. The predicted molar refractivity (Wildman–Crippen MR) is 119 cm³/mol. The molecule has 1 aliphatic heterocycles. The molecule has 8 nitrogen and oxygen atoms in total. The van der Waals surface area contributed by atoms with Crippen molar-refractivity contribution in [2.45, 2.75) is 30.2 Å². The minimum atomic E-state index is -4.76. The number of rotatable bonds is 7. The van der Waals surface area contributed by atoms with E-state index in [4.69, 9.17) is 0 Å². The van der Waals surface area contributed by atoms with Gasteiger partial charge in [0, 0.05) is 32.7 Å². The molecule has 3 aromatic rings. The number of carbonyl (C=O) groups is 1. The van der Waals surface area contributed by atoms with Gasteiger partial charge in [0.25, 0.3) is 0 Å². The van der Waals surface area contributed by atoms with Gasteiger partial charge in [-0.25, -0.2) is 0 Å². The van der Waals surface area contributed by atoms with Crippen LogP contribution in [-0.2, 0) is 11.3 Å². The van der Waals surface area contributed by atoms with Gasteiger partial charge in [-0.2, -0.15) is 4.68 Å². The molecule has 4 rings (SSSR count). The van der Waals surface area contributed by atoms with E-state index in [9.17, 15) is 18.0 Å². The van der Waals surface area contributed by atoms with Crippen molar-refractivity contribution >= 4 is 17.7 Å². The molecule has 12 heteroatoms. The van der Waals surface area contributed by atoms with Crippen LogP contribution >= 0.6 is 11.8 Å². The van der Waals surface area contributed by atoms with Crippen LogP contribution in [0.5, 0.6) is 5.75 Å². The van der Waals surface area contributed by atoms with Gasteiger partial charge in [0.1, 0.15) is 5.75 Å². The Labute approximate surface area is 198 Å². The molecule has 0 aliphatic carbocycles. The van der Waals surface area contributed by atoms with Crippen LogP contribution in [0.4, 0.5) is 13.2 Å². The number of hydrogen-bond donors (Lipinski definition) is 0. The van der Waals surface area contributed by atoms with Gasteiger partial charge in [-0.1, -0.05) is 42.1 Å². The molecular weight excluding hydrogens is 469 g/mol. The van der Waals surface area contributed by atoms with Crippen LogP contribution in [0.2, 0.25) is 0 Å². The number of hydrogen-bond acceptors (Lipinski definition) is 7. The number of benzene rings is 2. The largest absolute Gasteiger partial charge is 0.573 e. The highest BCUT2D eigenvalue weighted by molar-refractivity contribution is 8.00. The van der Waals surface area contributed by atoms with Crippen LogP contribution in [0, 0.1) is 0 Å². The first-order valence-corrected chi connectivity index (χ1v) is 11.5. The first kappa shape index (κ1) is 24.0. The number of amides is 1. The standard InChI is InChI=1S/C22H23F3N6O2S/c1-16(20(32)30-13-11-29(12-14-30)15-17-5-3-2-4-6-17)34-21-26-27-28-31(21)18-7-9-19(10-8-18)33-22(23,24)25/h2-10,16H,11-15H2,1H3/t16-/m0/s1. The highest BCUT2D eigenvalue weighted by atomic mass is 32.2. The highest BCUT2D eigenvalue weighted by Gasteiger charge is 2.31. The van der Waals surface area contributed by atoms with Crippen molar-refractivity contribution in [2.24, 2.45) is 0 Å². The van der Waals surface area contributed by atoms with E-state index in [0.717, 1.165) is 19.6 Å². The average Bonchev–Trinajstić information content (AvgIpc) is 3.27. The second kappa shape index (κ2) is 10.4. The van der Waals surface area contributed by atoms with Crippen LogP contribution in [0.25, 0.3) is 5.69 Å². The lowest BCUT2D eigenvalue weighted by molar-refractivity contribution is -0.274. The van der Waals surface area contributed by atoms with Gasteiger partial charge in [0.05, 0.1) is 10.9 Å². The third-order valence-corrected chi connectivity index (χ3v) is 6.34. The normalized spacial score (nSPS) is 15.8. The number of piperazine rings is 1. The summed E-state index contributed by atoms with van der Waals surface area (Å²) in [7, 11) is 0. The van der Waals surface area contributed by atoms with Gasteiger partial charge < -0.3 is 9.64 Å². The number of aromatic nitrogens is 4. The summed E-state index contributed by atoms with van der Waals surface area (Å²) in [6.45, 7) is 5.52. The Balaban J connectivity index is 1.33. The summed E-state index contributed by atoms with van der Waals surface area (Å²) in [4.78, 5) is 17.2. The van der Waals surface area contributed by atoms with Crippen LogP contribution in [-0.4, -0.2) is 73.7 Å². The van der Waals surface area contributed by atoms with E-state index < -0.39 is 11.6 Å². The predicted octanol–water partition coefficient (Wildman–Crippen LogP) is 3.39. The highest BCUT2D eigenvalue weighted by Crippen LogP contribution is 2.27. The molecule has 1 aliphatic rings. The fourth-order valence-corrected chi connectivity index (χ4v) is 4.53. The smallest absolute Gasteiger partial charge is 0.406 e. The van der Waals surface area contributed by atoms with Gasteiger partial charge >= 0.3 is 6.36 Å². The minimum absolute atomic E-state index is 0.00663. The second-order valence-electron chi connectivity index (χ2n) is 7.76. The topological polar surface area (TPSA) is 76.4 Å². The zero-order valence-corrected chi connectivity index (χ0v) is 19.2. The summed E-state index contributed by atoms with van der Waals surface area (Å²) in [5.41, 5.74) is 1.70. The lowest BCUT2D eigenvalue weighted by Gasteiger charge is -2.35. The molecule has 0 radical (unpaired) electrons. The zero-order chi connectivity index (χ0) is 24.1. The lowest BCUT2D eigenvalue weighted by Crippen LogP contribution is -2.50. The number of carbonyl (C=O) groups excluding carboxylic acids is 1. The Morgan fingerprint density at radius 2 is 1.74 bits per heavy atom. The maximum absolute atomic E-state index is 13.0. The molecule has 1 fully saturated rings. The van der Waals surface area contributed by atoms with E-state index in [-0.39, 0.29) is 11.7 Å². The molecule has 2 heterocycles. The SMILES string of the molecule is C[C@H](Sc1nnnn1-c1ccc(OC(F)(F)F)cc1)C(=O)N1CCN(Cc2ccccc2)CC1. The molecule has 0 saturated carbocycles. The van der Waals surface area contributed by atoms with Gasteiger partial charge in [-0.05, 0) is 47.2 Å². The van der Waals surface area contributed by atoms with Crippen molar-refractivity contribution < 1.29 is 22.7 Å². The molecule has 0 N–H and O–H groups in total. The summed E-state index contributed by atoms with van der Waals surface area (Å²) in [6, 6.07) is 15.4. The van der Waals surface area contributed by atoms with E-state index >= 15 is 0 Å². The maximum Gasteiger partial charge on any atom is 0.573 e. The molecule has 0 bridgehead atoms. The molecule has 180 valence electrons. The van der Waals surface area contributed by atoms with E-state index in [1.807, 2.05) is 23.1 Å². The fourth-order valence-electron chi connectivity index (χ4n) is 3.64. The van der Waals surface area contributed by atoms with Gasteiger partial charge in [0.15, 0.2) is 0 Å². The van der Waals surface area contributed by atoms with Crippen molar-refractivity contribution in [3.63, 3.8) is 0 Å². The number of nitrogens with zero attached hydrogens (tertiary/aromatic N) is 6. The number of tetrazole rings is 1. The maximum atomic E-state index is 13.0. The number of alkyl halides is 3. The van der Waals surface area contributed by atoms with E-state index in [0.29, 0.717) is 23.9 Å². The molecule has 2 aromatic carbocycles. The lowest BCUT2D eigenvalue weighted by atomic mass is 10.2. The molecule has 1 saturated heterocycles. The number of thioether (sulfide) groups is 1. The third kappa shape index (κ3) is 6.26. The van der Waals surface area contributed by atoms with Gasteiger partial charge in [-0.3, -0.25) is 9.69 Å². The Hall–Kier alpha value is -3.12. The van der Waals surface area contributed by atoms with Gasteiger partial charge in [-0.15, -0.1) is 18.3 Å². The summed E-state index contributed by atoms with van der Waals surface area (Å²) < 4.78 is 42.4. The first-order chi connectivity index (χ1) is 16.3. The molecule has 1 aromatic heterocycles. The summed E-state index contributed by atoms with van der Waals surface area (Å²) in [6.07, 6.45) is -4.76. The Kier molecular flexibility index (Phi) is 7.37. The van der Waals surface area contributed by atoms with E-state index in [1.54, 1.807) is 6.92 Å². The van der Waals surface area contributed by atoms with E-state index in [2.05, 4.69) is 37.3 Å². The number of ether oxygens (including phenoxy) is 1. The van der Waals surface area contributed by atoms with Crippen molar-refractivity contribution in [2.75, 3.05) is 26.2 Å².